The number of carbonyl (C=O) groups is 1. The summed E-state index contributed by atoms with van der Waals surface area (Å²) >= 11 is 0. The molecule has 0 unspecified atom stereocenters. The Morgan fingerprint density at radius 2 is 1.87 bits per heavy atom. The molecular weight excluding hydrogens is 399 g/mol. The van der Waals surface area contributed by atoms with Crippen molar-refractivity contribution in [1.82, 2.24) is 24.5 Å². The Labute approximate surface area is 177 Å². The lowest BCUT2D eigenvalue weighted by molar-refractivity contribution is -0.122. The van der Waals surface area contributed by atoms with Gasteiger partial charge in [0.1, 0.15) is 12.4 Å². The topological polar surface area (TPSA) is 93.3 Å². The second-order valence-corrected chi connectivity index (χ2v) is 7.25. The Hall–Kier alpha value is -4.01. The summed E-state index contributed by atoms with van der Waals surface area (Å²) in [4.78, 5) is 29.7. The molecule has 1 amide bonds. The van der Waals surface area contributed by atoms with Gasteiger partial charge in [-0.25, -0.2) is 23.3 Å². The minimum atomic E-state index is -0.477. The number of benzene rings is 2. The van der Waals surface area contributed by atoms with Gasteiger partial charge in [-0.2, -0.15) is 0 Å². The molecule has 0 aliphatic rings. The summed E-state index contributed by atoms with van der Waals surface area (Å²) in [6, 6.07) is 15.2. The third kappa shape index (κ3) is 4.61. The van der Waals surface area contributed by atoms with Crippen LogP contribution < -0.4 is 16.3 Å². The summed E-state index contributed by atoms with van der Waals surface area (Å²) in [5.41, 5.74) is 3.20. The Kier molecular flexibility index (Phi) is 5.48. The summed E-state index contributed by atoms with van der Waals surface area (Å²) in [7, 11) is 0. The first-order valence-corrected chi connectivity index (χ1v) is 9.71. The fraction of sp³-hybridized carbons (Fsp3) is 0.182. The van der Waals surface area contributed by atoms with Crippen molar-refractivity contribution in [3.8, 4) is 0 Å². The molecule has 158 valence electrons. The fourth-order valence-electron chi connectivity index (χ4n) is 3.19. The first kappa shape index (κ1) is 20.3. The van der Waals surface area contributed by atoms with Crippen LogP contribution in [0.25, 0.3) is 5.65 Å². The van der Waals surface area contributed by atoms with Crippen LogP contribution in [-0.4, -0.2) is 25.1 Å². The maximum Gasteiger partial charge on any atom is 0.353 e. The monoisotopic (exact) mass is 420 g/mol. The molecule has 0 radical (unpaired) electrons. The maximum atomic E-state index is 13.0. The van der Waals surface area contributed by atoms with Crippen molar-refractivity contribution in [3.63, 3.8) is 0 Å². The number of fused-ring (bicyclic) bond motifs is 1. The molecular formula is C22H21FN6O2. The molecule has 2 N–H and O–H groups in total. The van der Waals surface area contributed by atoms with Crippen LogP contribution >= 0.6 is 0 Å². The van der Waals surface area contributed by atoms with Gasteiger partial charge < -0.3 is 10.6 Å². The molecule has 8 nitrogen and oxygen atoms in total. The summed E-state index contributed by atoms with van der Waals surface area (Å²) in [5, 5.41) is 10.1. The van der Waals surface area contributed by atoms with Crippen LogP contribution in [0.4, 0.5) is 16.0 Å². The van der Waals surface area contributed by atoms with E-state index in [2.05, 4.69) is 20.7 Å². The van der Waals surface area contributed by atoms with Crippen LogP contribution in [0.15, 0.2) is 59.4 Å². The van der Waals surface area contributed by atoms with E-state index >= 15 is 0 Å². The highest BCUT2D eigenvalue weighted by Crippen LogP contribution is 2.16. The standard InChI is InChI=1S/C22H21FN6O2/c1-14-4-3-5-18(10-14)26-21-25-15(2)11-19-27-28(22(31)29(19)21)13-20(30)24-12-16-6-8-17(23)9-7-16/h3-11H,12-13H2,1-2H3,(H,24,30)(H,25,26). The molecule has 0 saturated carbocycles. The molecule has 9 heteroatoms. The minimum absolute atomic E-state index is 0.224. The van der Waals surface area contributed by atoms with Crippen LogP contribution in [-0.2, 0) is 17.9 Å². The minimum Gasteiger partial charge on any atom is -0.350 e. The molecule has 0 aliphatic carbocycles. The first-order valence-electron chi connectivity index (χ1n) is 9.71. The second-order valence-electron chi connectivity index (χ2n) is 7.25. The first-order chi connectivity index (χ1) is 14.9. The van der Waals surface area contributed by atoms with Crippen LogP contribution in [0, 0.1) is 19.7 Å². The van der Waals surface area contributed by atoms with Crippen molar-refractivity contribution in [3.05, 3.63) is 87.7 Å². The van der Waals surface area contributed by atoms with Gasteiger partial charge in [0.05, 0.1) is 0 Å². The van der Waals surface area contributed by atoms with Gasteiger partial charge in [0, 0.05) is 24.0 Å². The lowest BCUT2D eigenvalue weighted by atomic mass is 10.2. The maximum absolute atomic E-state index is 13.0. The summed E-state index contributed by atoms with van der Waals surface area (Å²) in [5.74, 6) is -0.401. The summed E-state index contributed by atoms with van der Waals surface area (Å²) < 4.78 is 15.4. The van der Waals surface area contributed by atoms with Gasteiger partial charge in [-0.15, -0.1) is 5.10 Å². The smallest absolute Gasteiger partial charge is 0.350 e. The molecule has 0 saturated heterocycles. The number of amides is 1. The van der Waals surface area contributed by atoms with E-state index in [1.165, 1.54) is 16.5 Å². The zero-order valence-corrected chi connectivity index (χ0v) is 17.1. The van der Waals surface area contributed by atoms with Crippen molar-refractivity contribution in [1.29, 1.82) is 0 Å². The number of nitrogens with one attached hydrogen (secondary N) is 2. The van der Waals surface area contributed by atoms with Gasteiger partial charge in [-0.1, -0.05) is 24.3 Å². The van der Waals surface area contributed by atoms with E-state index in [1.807, 2.05) is 31.2 Å². The third-order valence-electron chi connectivity index (χ3n) is 4.67. The number of aromatic nitrogens is 4. The van der Waals surface area contributed by atoms with Crippen molar-refractivity contribution in [2.45, 2.75) is 26.9 Å². The predicted octanol–water partition coefficient (Wildman–Crippen LogP) is 2.71. The Bertz CT molecular complexity index is 1310. The number of anilines is 2. The van der Waals surface area contributed by atoms with Crippen LogP contribution in [0.5, 0.6) is 0 Å². The normalized spacial score (nSPS) is 10.9. The van der Waals surface area contributed by atoms with E-state index in [0.717, 1.165) is 21.5 Å². The van der Waals surface area contributed by atoms with Crippen molar-refractivity contribution in [2.24, 2.45) is 0 Å². The van der Waals surface area contributed by atoms with E-state index in [0.29, 0.717) is 17.3 Å². The Morgan fingerprint density at radius 3 is 2.61 bits per heavy atom. The Balaban J connectivity index is 1.56. The highest BCUT2D eigenvalue weighted by Gasteiger charge is 2.15. The molecule has 2 heterocycles. The lowest BCUT2D eigenvalue weighted by Gasteiger charge is -2.08. The molecule has 0 bridgehead atoms. The molecule has 0 aliphatic heterocycles. The number of aryl methyl sites for hydroxylation is 2. The third-order valence-corrected chi connectivity index (χ3v) is 4.67. The van der Waals surface area contributed by atoms with Crippen molar-refractivity contribution >= 4 is 23.2 Å². The average molecular weight is 420 g/mol. The van der Waals surface area contributed by atoms with Gasteiger partial charge >= 0.3 is 5.69 Å². The molecule has 31 heavy (non-hydrogen) atoms. The molecule has 4 rings (SSSR count). The van der Waals surface area contributed by atoms with Gasteiger partial charge in [-0.05, 0) is 49.2 Å². The van der Waals surface area contributed by atoms with E-state index in [1.54, 1.807) is 25.1 Å². The molecule has 2 aromatic heterocycles. The highest BCUT2D eigenvalue weighted by atomic mass is 19.1. The number of hydrogen-bond donors (Lipinski definition) is 2. The number of nitrogens with zero attached hydrogens (tertiary/aromatic N) is 4. The van der Waals surface area contributed by atoms with Gasteiger partial charge in [0.25, 0.3) is 0 Å². The predicted molar refractivity (Wildman–Crippen MR) is 115 cm³/mol. The summed E-state index contributed by atoms with van der Waals surface area (Å²) in [6.45, 7) is 3.76. The highest BCUT2D eigenvalue weighted by molar-refractivity contribution is 5.75. The van der Waals surface area contributed by atoms with E-state index in [9.17, 15) is 14.0 Å². The Morgan fingerprint density at radius 1 is 1.10 bits per heavy atom. The number of rotatable bonds is 6. The number of carbonyl (C=O) groups excluding carboxylic acids is 1. The quantitative estimate of drug-likeness (QED) is 0.500. The van der Waals surface area contributed by atoms with Crippen LogP contribution in [0.1, 0.15) is 16.8 Å². The van der Waals surface area contributed by atoms with Gasteiger partial charge in [0.2, 0.25) is 11.9 Å². The van der Waals surface area contributed by atoms with E-state index in [-0.39, 0.29) is 24.8 Å². The number of hydrogen-bond acceptors (Lipinski definition) is 5. The van der Waals surface area contributed by atoms with Gasteiger partial charge in [-0.3, -0.25) is 4.79 Å². The average Bonchev–Trinajstić information content (AvgIpc) is 3.02. The van der Waals surface area contributed by atoms with Crippen molar-refractivity contribution in [2.75, 3.05) is 5.32 Å². The van der Waals surface area contributed by atoms with E-state index in [4.69, 9.17) is 0 Å². The lowest BCUT2D eigenvalue weighted by Crippen LogP contribution is -2.32. The fourth-order valence-corrected chi connectivity index (χ4v) is 3.19. The zero-order chi connectivity index (χ0) is 22.0. The van der Waals surface area contributed by atoms with Crippen molar-refractivity contribution < 1.29 is 9.18 Å². The van der Waals surface area contributed by atoms with Crippen LogP contribution in [0.3, 0.4) is 0 Å². The molecule has 4 aromatic rings. The molecule has 2 aromatic carbocycles. The second kappa shape index (κ2) is 8.39. The summed E-state index contributed by atoms with van der Waals surface area (Å²) in [6.07, 6.45) is 0. The SMILES string of the molecule is Cc1cccc(Nc2nc(C)cc3nn(CC(=O)NCc4ccc(F)cc4)c(=O)n23)c1. The van der Waals surface area contributed by atoms with E-state index < -0.39 is 5.69 Å². The molecule has 0 atom stereocenters. The van der Waals surface area contributed by atoms with Crippen LogP contribution in [0.2, 0.25) is 0 Å². The van der Waals surface area contributed by atoms with Gasteiger partial charge in [0.15, 0.2) is 5.65 Å². The zero-order valence-electron chi connectivity index (χ0n) is 17.1. The largest absolute Gasteiger partial charge is 0.353 e. The number of halogens is 1. The molecule has 0 fully saturated rings. The molecule has 0 spiro atoms.